The van der Waals surface area contributed by atoms with Gasteiger partial charge in [-0.1, -0.05) is 0 Å². The molecule has 1 aromatic rings. The molecule has 1 aliphatic rings. The summed E-state index contributed by atoms with van der Waals surface area (Å²) < 4.78 is 32.6. The average molecular weight is 337 g/mol. The summed E-state index contributed by atoms with van der Waals surface area (Å²) >= 11 is 0. The Morgan fingerprint density at radius 2 is 2.09 bits per heavy atom. The van der Waals surface area contributed by atoms with Crippen LogP contribution in [0.5, 0.6) is 5.75 Å². The third-order valence-electron chi connectivity index (χ3n) is 3.49. The van der Waals surface area contributed by atoms with E-state index in [-0.39, 0.29) is 16.6 Å². The highest BCUT2D eigenvalue weighted by Crippen LogP contribution is 2.31. The van der Waals surface area contributed by atoms with Crippen molar-refractivity contribution in [3.63, 3.8) is 0 Å². The minimum absolute atomic E-state index is 0.0381. The minimum atomic E-state index is -3.98. The lowest BCUT2D eigenvalue weighted by molar-refractivity contribution is -0.117. The van der Waals surface area contributed by atoms with Crippen molar-refractivity contribution in [1.29, 1.82) is 5.26 Å². The zero-order valence-corrected chi connectivity index (χ0v) is 14.1. The second-order valence-electron chi connectivity index (χ2n) is 5.83. The molecular formula is C15H19N3O4S. The van der Waals surface area contributed by atoms with Gasteiger partial charge in [-0.25, -0.2) is 8.42 Å². The predicted octanol–water partition coefficient (Wildman–Crippen LogP) is 1.40. The number of hydrogen-bond donors (Lipinski definition) is 1. The smallest absolute Gasteiger partial charge is 0.245 e. The molecule has 0 spiro atoms. The number of nitrogens with one attached hydrogen (secondary N) is 1. The maximum Gasteiger partial charge on any atom is 0.245 e. The molecule has 1 amide bonds. The average Bonchev–Trinajstić information content (AvgIpc) is 2.91. The molecule has 0 atom stereocenters. The first kappa shape index (κ1) is 17.2. The Morgan fingerprint density at radius 1 is 1.39 bits per heavy atom. The number of carbonyl (C=O) groups excluding carboxylic acids is 1. The molecule has 1 aliphatic heterocycles. The first-order valence-corrected chi connectivity index (χ1v) is 8.62. The number of hydrogen-bond acceptors (Lipinski definition) is 5. The number of rotatable bonds is 5. The van der Waals surface area contributed by atoms with Gasteiger partial charge < -0.3 is 9.64 Å². The van der Waals surface area contributed by atoms with Gasteiger partial charge in [-0.15, -0.1) is 0 Å². The van der Waals surface area contributed by atoms with Crippen molar-refractivity contribution in [3.8, 4) is 11.8 Å². The van der Waals surface area contributed by atoms with Gasteiger partial charge in [0.1, 0.15) is 16.2 Å². The minimum Gasteiger partial charge on any atom is -0.495 e. The number of nitrogens with zero attached hydrogens (tertiary/aromatic N) is 2. The number of nitriles is 1. The van der Waals surface area contributed by atoms with Gasteiger partial charge in [0.25, 0.3) is 0 Å². The van der Waals surface area contributed by atoms with Crippen LogP contribution in [0, 0.1) is 11.3 Å². The van der Waals surface area contributed by atoms with E-state index in [0.29, 0.717) is 18.7 Å². The van der Waals surface area contributed by atoms with Crippen molar-refractivity contribution >= 4 is 21.6 Å². The molecule has 1 aromatic carbocycles. The van der Waals surface area contributed by atoms with Crippen molar-refractivity contribution in [2.45, 2.75) is 37.1 Å². The van der Waals surface area contributed by atoms with E-state index in [4.69, 9.17) is 10.00 Å². The van der Waals surface area contributed by atoms with Crippen molar-refractivity contribution in [1.82, 2.24) is 4.72 Å². The summed E-state index contributed by atoms with van der Waals surface area (Å²) in [5.74, 6) is 0.116. The molecule has 8 heteroatoms. The normalized spacial score (nSPS) is 15.6. The molecule has 2 rings (SSSR count). The van der Waals surface area contributed by atoms with Crippen LogP contribution in [0.2, 0.25) is 0 Å². The fourth-order valence-electron chi connectivity index (χ4n) is 2.38. The van der Waals surface area contributed by atoms with E-state index in [1.807, 2.05) is 6.07 Å². The summed E-state index contributed by atoms with van der Waals surface area (Å²) in [6.07, 6.45) is 1.19. The van der Waals surface area contributed by atoms with Crippen LogP contribution in [0.3, 0.4) is 0 Å². The summed E-state index contributed by atoms with van der Waals surface area (Å²) in [6, 6.07) is 6.44. The fourth-order valence-corrected chi connectivity index (χ4v) is 3.90. The molecule has 1 N–H and O–H groups in total. The molecule has 1 saturated heterocycles. The standard InChI is InChI=1S/C15H19N3O4S/c1-15(2,10-16)17-23(20,21)13-9-11(6-7-12(13)22-3)18-8-4-5-14(18)19/h6-7,9,17H,4-5,8H2,1-3H3. The maximum atomic E-state index is 12.6. The van der Waals surface area contributed by atoms with Gasteiger partial charge in [-0.2, -0.15) is 9.98 Å². The Kier molecular flexibility index (Phi) is 4.63. The molecule has 0 bridgehead atoms. The number of sulfonamides is 1. The summed E-state index contributed by atoms with van der Waals surface area (Å²) in [5.41, 5.74) is -0.757. The Bertz CT molecular complexity index is 765. The lowest BCUT2D eigenvalue weighted by Crippen LogP contribution is -2.42. The highest BCUT2D eigenvalue weighted by molar-refractivity contribution is 7.89. The quantitative estimate of drug-likeness (QED) is 0.875. The first-order chi connectivity index (χ1) is 10.7. The third kappa shape index (κ3) is 3.63. The van der Waals surface area contributed by atoms with Crippen molar-refractivity contribution in [2.75, 3.05) is 18.6 Å². The number of benzene rings is 1. The van der Waals surface area contributed by atoms with Crippen LogP contribution in [0.25, 0.3) is 0 Å². The van der Waals surface area contributed by atoms with E-state index in [2.05, 4.69) is 4.72 Å². The molecule has 0 unspecified atom stereocenters. The molecule has 23 heavy (non-hydrogen) atoms. The Hall–Kier alpha value is -2.11. The van der Waals surface area contributed by atoms with E-state index < -0.39 is 15.6 Å². The summed E-state index contributed by atoms with van der Waals surface area (Å²) in [6.45, 7) is 3.48. The van der Waals surface area contributed by atoms with Crippen molar-refractivity contribution in [3.05, 3.63) is 18.2 Å². The van der Waals surface area contributed by atoms with Crippen LogP contribution in [0.1, 0.15) is 26.7 Å². The van der Waals surface area contributed by atoms with E-state index in [9.17, 15) is 13.2 Å². The maximum absolute atomic E-state index is 12.6. The van der Waals surface area contributed by atoms with Gasteiger partial charge in [0.15, 0.2) is 0 Å². The van der Waals surface area contributed by atoms with Gasteiger partial charge >= 0.3 is 0 Å². The van der Waals surface area contributed by atoms with Crippen LogP contribution in [-0.2, 0) is 14.8 Å². The summed E-state index contributed by atoms with van der Waals surface area (Å²) in [4.78, 5) is 13.3. The van der Waals surface area contributed by atoms with Gasteiger partial charge in [0.05, 0.1) is 13.2 Å². The lowest BCUT2D eigenvalue weighted by atomic mass is 10.1. The predicted molar refractivity (Wildman–Crippen MR) is 84.6 cm³/mol. The molecule has 1 heterocycles. The largest absolute Gasteiger partial charge is 0.495 e. The van der Waals surface area contributed by atoms with Crippen molar-refractivity contribution in [2.24, 2.45) is 0 Å². The van der Waals surface area contributed by atoms with Gasteiger partial charge in [-0.05, 0) is 38.5 Å². The molecular weight excluding hydrogens is 318 g/mol. The van der Waals surface area contributed by atoms with Gasteiger partial charge in [-0.3, -0.25) is 4.79 Å². The van der Waals surface area contributed by atoms with E-state index in [0.717, 1.165) is 6.42 Å². The zero-order chi connectivity index (χ0) is 17.3. The molecule has 0 aromatic heterocycles. The highest BCUT2D eigenvalue weighted by atomic mass is 32.2. The van der Waals surface area contributed by atoms with E-state index in [1.165, 1.54) is 33.1 Å². The molecule has 124 valence electrons. The van der Waals surface area contributed by atoms with Crippen LogP contribution >= 0.6 is 0 Å². The highest BCUT2D eigenvalue weighted by Gasteiger charge is 2.30. The summed E-state index contributed by atoms with van der Waals surface area (Å²) in [7, 11) is -2.61. The molecule has 0 aliphatic carbocycles. The molecule has 7 nitrogen and oxygen atoms in total. The number of amides is 1. The van der Waals surface area contributed by atoms with Crippen LogP contribution < -0.4 is 14.4 Å². The molecule has 0 saturated carbocycles. The first-order valence-electron chi connectivity index (χ1n) is 7.14. The van der Waals surface area contributed by atoms with Crippen molar-refractivity contribution < 1.29 is 17.9 Å². The number of carbonyl (C=O) groups is 1. The van der Waals surface area contributed by atoms with Crippen LogP contribution in [-0.4, -0.2) is 33.5 Å². The summed E-state index contributed by atoms with van der Waals surface area (Å²) in [5, 5.41) is 9.03. The van der Waals surface area contributed by atoms with Gasteiger partial charge in [0, 0.05) is 18.7 Å². The monoisotopic (exact) mass is 337 g/mol. The molecule has 1 fully saturated rings. The number of anilines is 1. The van der Waals surface area contributed by atoms with E-state index in [1.54, 1.807) is 11.0 Å². The topological polar surface area (TPSA) is 99.5 Å². The van der Waals surface area contributed by atoms with Crippen LogP contribution in [0.4, 0.5) is 5.69 Å². The fraction of sp³-hybridized carbons (Fsp3) is 0.467. The number of ether oxygens (including phenoxy) is 1. The van der Waals surface area contributed by atoms with Gasteiger partial charge in [0.2, 0.25) is 15.9 Å². The molecule has 0 radical (unpaired) electrons. The second kappa shape index (κ2) is 6.18. The third-order valence-corrected chi connectivity index (χ3v) is 5.17. The van der Waals surface area contributed by atoms with E-state index >= 15 is 0 Å². The Balaban J connectivity index is 2.48. The SMILES string of the molecule is COc1ccc(N2CCCC2=O)cc1S(=O)(=O)NC(C)(C)C#N. The number of methoxy groups -OCH3 is 1. The Labute approximate surface area is 135 Å². The second-order valence-corrected chi connectivity index (χ2v) is 7.48. The Morgan fingerprint density at radius 3 is 2.61 bits per heavy atom. The lowest BCUT2D eigenvalue weighted by Gasteiger charge is -2.21. The van der Waals surface area contributed by atoms with Crippen LogP contribution in [0.15, 0.2) is 23.1 Å². The zero-order valence-electron chi connectivity index (χ0n) is 13.3.